The highest BCUT2D eigenvalue weighted by Crippen LogP contribution is 2.26. The van der Waals surface area contributed by atoms with Gasteiger partial charge in [-0.3, -0.25) is 4.79 Å². The van der Waals surface area contributed by atoms with E-state index in [2.05, 4.69) is 5.32 Å². The first kappa shape index (κ1) is 14.3. The molecule has 0 aromatic heterocycles. The zero-order valence-corrected chi connectivity index (χ0v) is 10.5. The second-order valence-corrected chi connectivity index (χ2v) is 3.75. The lowest BCUT2D eigenvalue weighted by molar-refractivity contribution is 0.0900. The molecule has 6 heteroatoms. The van der Waals surface area contributed by atoms with E-state index in [1.807, 2.05) is 0 Å². The first-order valence-corrected chi connectivity index (χ1v) is 5.49. The number of ether oxygens (including phenoxy) is 2. The Labute approximate surface area is 106 Å². The Bertz CT molecular complexity index is 409. The van der Waals surface area contributed by atoms with Gasteiger partial charge in [0.1, 0.15) is 0 Å². The van der Waals surface area contributed by atoms with Crippen LogP contribution >= 0.6 is 0 Å². The molecule has 1 aromatic rings. The van der Waals surface area contributed by atoms with Gasteiger partial charge in [0, 0.05) is 19.2 Å². The fourth-order valence-corrected chi connectivity index (χ4v) is 1.47. The van der Waals surface area contributed by atoms with E-state index in [0.29, 0.717) is 17.9 Å². The summed E-state index contributed by atoms with van der Waals surface area (Å²) in [6.07, 6.45) is 0. The third-order valence-electron chi connectivity index (χ3n) is 2.43. The average molecular weight is 254 g/mol. The van der Waals surface area contributed by atoms with E-state index < -0.39 is 0 Å². The van der Waals surface area contributed by atoms with Gasteiger partial charge in [0.25, 0.3) is 5.91 Å². The second-order valence-electron chi connectivity index (χ2n) is 3.75. The summed E-state index contributed by atoms with van der Waals surface area (Å²) in [6.45, 7) is 0.617. The Morgan fingerprint density at radius 1 is 1.50 bits per heavy atom. The summed E-state index contributed by atoms with van der Waals surface area (Å²) in [5.74, 6) is -0.0829. The van der Waals surface area contributed by atoms with E-state index >= 15 is 0 Å². The summed E-state index contributed by atoms with van der Waals surface area (Å²) in [6, 6.07) is 4.17. The maximum absolute atomic E-state index is 11.9. The van der Waals surface area contributed by atoms with Crippen molar-refractivity contribution in [3.8, 4) is 11.5 Å². The van der Waals surface area contributed by atoms with Crippen molar-refractivity contribution in [2.45, 2.75) is 6.04 Å². The molecule has 1 atom stereocenters. The van der Waals surface area contributed by atoms with E-state index in [9.17, 15) is 9.90 Å². The van der Waals surface area contributed by atoms with Crippen LogP contribution in [-0.2, 0) is 4.74 Å². The van der Waals surface area contributed by atoms with Crippen LogP contribution in [0.15, 0.2) is 18.2 Å². The number of phenolic OH excluding ortho intramolecular Hbond substituents is 1. The van der Waals surface area contributed by atoms with Gasteiger partial charge in [-0.25, -0.2) is 0 Å². The Kier molecular flexibility index (Phi) is 5.41. The molecule has 0 fully saturated rings. The van der Waals surface area contributed by atoms with Crippen LogP contribution in [0.1, 0.15) is 10.4 Å². The number of nitrogens with two attached hydrogens (primary N) is 1. The predicted molar refractivity (Wildman–Crippen MR) is 66.8 cm³/mol. The average Bonchev–Trinajstić information content (AvgIpc) is 2.37. The molecule has 0 saturated heterocycles. The smallest absolute Gasteiger partial charge is 0.251 e. The second kappa shape index (κ2) is 6.83. The highest BCUT2D eigenvalue weighted by molar-refractivity contribution is 5.95. The van der Waals surface area contributed by atoms with Crippen LogP contribution in [0.2, 0.25) is 0 Å². The van der Waals surface area contributed by atoms with Crippen molar-refractivity contribution >= 4 is 5.91 Å². The molecular formula is C12H18N2O4. The highest BCUT2D eigenvalue weighted by Gasteiger charge is 2.13. The van der Waals surface area contributed by atoms with Crippen molar-refractivity contribution in [3.05, 3.63) is 23.8 Å². The van der Waals surface area contributed by atoms with E-state index in [4.69, 9.17) is 15.2 Å². The normalized spacial score (nSPS) is 11.9. The fraction of sp³-hybridized carbons (Fsp3) is 0.417. The molecule has 0 aliphatic carbocycles. The lowest BCUT2D eigenvalue weighted by Gasteiger charge is -2.16. The molecule has 0 saturated carbocycles. The molecule has 4 N–H and O–H groups in total. The summed E-state index contributed by atoms with van der Waals surface area (Å²) in [5, 5.41) is 12.3. The quantitative estimate of drug-likeness (QED) is 0.669. The lowest BCUT2D eigenvalue weighted by atomic mass is 10.1. The van der Waals surface area contributed by atoms with E-state index in [0.717, 1.165) is 0 Å². The monoisotopic (exact) mass is 254 g/mol. The minimum Gasteiger partial charge on any atom is -0.504 e. The van der Waals surface area contributed by atoms with Crippen molar-refractivity contribution < 1.29 is 19.4 Å². The van der Waals surface area contributed by atoms with Crippen LogP contribution in [0.3, 0.4) is 0 Å². The van der Waals surface area contributed by atoms with Crippen molar-refractivity contribution in [2.24, 2.45) is 5.73 Å². The van der Waals surface area contributed by atoms with Crippen LogP contribution in [0.25, 0.3) is 0 Å². The summed E-state index contributed by atoms with van der Waals surface area (Å²) in [7, 11) is 2.98. The molecule has 1 aromatic carbocycles. The van der Waals surface area contributed by atoms with Crippen LogP contribution < -0.4 is 15.8 Å². The van der Waals surface area contributed by atoms with Crippen molar-refractivity contribution in [2.75, 3.05) is 27.4 Å². The molecule has 1 amide bonds. The van der Waals surface area contributed by atoms with Crippen LogP contribution in [-0.4, -0.2) is 44.4 Å². The van der Waals surface area contributed by atoms with E-state index in [1.54, 1.807) is 6.07 Å². The molecule has 1 unspecified atom stereocenters. The number of methoxy groups -OCH3 is 2. The zero-order chi connectivity index (χ0) is 13.5. The molecule has 0 heterocycles. The zero-order valence-electron chi connectivity index (χ0n) is 10.5. The van der Waals surface area contributed by atoms with Crippen molar-refractivity contribution in [3.63, 3.8) is 0 Å². The lowest BCUT2D eigenvalue weighted by Crippen LogP contribution is -2.43. The molecule has 18 heavy (non-hydrogen) atoms. The number of amides is 1. The van der Waals surface area contributed by atoms with Crippen LogP contribution in [0, 0.1) is 0 Å². The molecule has 0 aliphatic heterocycles. The van der Waals surface area contributed by atoms with Crippen molar-refractivity contribution in [1.82, 2.24) is 5.32 Å². The maximum atomic E-state index is 11.9. The minimum atomic E-state index is -0.319. The van der Waals surface area contributed by atoms with Crippen molar-refractivity contribution in [1.29, 1.82) is 0 Å². The summed E-state index contributed by atoms with van der Waals surface area (Å²) >= 11 is 0. The number of carbonyl (C=O) groups excluding carboxylic acids is 1. The van der Waals surface area contributed by atoms with Gasteiger partial charge >= 0.3 is 0 Å². The summed E-state index contributed by atoms with van der Waals surface area (Å²) in [4.78, 5) is 11.9. The number of hydrogen-bond acceptors (Lipinski definition) is 5. The van der Waals surface area contributed by atoms with Gasteiger partial charge in [0.05, 0.1) is 19.8 Å². The SMILES string of the molecule is COCC(CN)NC(=O)c1ccc(OC)c(O)c1. The van der Waals surface area contributed by atoms with Gasteiger partial charge < -0.3 is 25.6 Å². The maximum Gasteiger partial charge on any atom is 0.251 e. The number of carbonyl (C=O) groups is 1. The molecule has 100 valence electrons. The van der Waals surface area contributed by atoms with Crippen LogP contribution in [0.5, 0.6) is 11.5 Å². The molecule has 6 nitrogen and oxygen atoms in total. The standard InChI is InChI=1S/C12H18N2O4/c1-17-7-9(6-13)14-12(16)8-3-4-11(18-2)10(15)5-8/h3-5,9,15H,6-7,13H2,1-2H3,(H,14,16). The van der Waals surface area contributed by atoms with Gasteiger partial charge in [-0.15, -0.1) is 0 Å². The van der Waals surface area contributed by atoms with E-state index in [-0.39, 0.29) is 24.2 Å². The number of nitrogens with one attached hydrogen (secondary N) is 1. The number of rotatable bonds is 6. The molecule has 0 spiro atoms. The topological polar surface area (TPSA) is 93.8 Å². The molecule has 1 rings (SSSR count). The van der Waals surface area contributed by atoms with Gasteiger partial charge in [-0.05, 0) is 18.2 Å². The Morgan fingerprint density at radius 2 is 2.22 bits per heavy atom. The number of phenols is 1. The fourth-order valence-electron chi connectivity index (χ4n) is 1.47. The third kappa shape index (κ3) is 3.61. The largest absolute Gasteiger partial charge is 0.504 e. The first-order valence-electron chi connectivity index (χ1n) is 5.49. The minimum absolute atomic E-state index is 0.0822. The van der Waals surface area contributed by atoms with E-state index in [1.165, 1.54) is 26.4 Å². The molecule has 0 aliphatic rings. The number of benzene rings is 1. The predicted octanol–water partition coefficient (Wildman–Crippen LogP) is 0.104. The molecular weight excluding hydrogens is 236 g/mol. The third-order valence-corrected chi connectivity index (χ3v) is 2.43. The number of aromatic hydroxyl groups is 1. The summed E-state index contributed by atoms with van der Waals surface area (Å²) in [5.41, 5.74) is 5.83. The van der Waals surface area contributed by atoms with Gasteiger partial charge in [0.15, 0.2) is 11.5 Å². The highest BCUT2D eigenvalue weighted by atomic mass is 16.5. The van der Waals surface area contributed by atoms with Crippen LogP contribution in [0.4, 0.5) is 0 Å². The molecule has 0 bridgehead atoms. The Morgan fingerprint density at radius 3 is 2.72 bits per heavy atom. The van der Waals surface area contributed by atoms with Gasteiger partial charge in [-0.1, -0.05) is 0 Å². The Hall–Kier alpha value is -1.79. The number of hydrogen-bond donors (Lipinski definition) is 3. The first-order chi connectivity index (χ1) is 8.62. The Balaban J connectivity index is 2.74. The molecule has 0 radical (unpaired) electrons. The van der Waals surface area contributed by atoms with Gasteiger partial charge in [-0.2, -0.15) is 0 Å². The summed E-state index contributed by atoms with van der Waals surface area (Å²) < 4.78 is 9.83. The van der Waals surface area contributed by atoms with Gasteiger partial charge in [0.2, 0.25) is 0 Å².